The monoisotopic (exact) mass is 253 g/mol. The van der Waals surface area contributed by atoms with Gasteiger partial charge in [0.05, 0.1) is 0 Å². The average molecular weight is 253 g/mol. The highest BCUT2D eigenvalue weighted by molar-refractivity contribution is 7.07. The zero-order valence-electron chi connectivity index (χ0n) is 10.8. The average Bonchev–Trinajstić information content (AvgIpc) is 2.75. The van der Waals surface area contributed by atoms with Crippen molar-refractivity contribution in [3.63, 3.8) is 0 Å². The molecule has 2 N–H and O–H groups in total. The number of nitrogens with two attached hydrogens (primary N) is 1. The second-order valence-electron chi connectivity index (χ2n) is 5.01. The summed E-state index contributed by atoms with van der Waals surface area (Å²) < 4.78 is 0. The Bertz CT molecular complexity index is 325. The minimum Gasteiger partial charge on any atom is -0.329 e. The summed E-state index contributed by atoms with van der Waals surface area (Å²) >= 11 is 1.76. The predicted molar refractivity (Wildman–Crippen MR) is 74.4 cm³/mol. The van der Waals surface area contributed by atoms with Gasteiger partial charge in [0.1, 0.15) is 0 Å². The highest BCUT2D eigenvalue weighted by Crippen LogP contribution is 2.25. The summed E-state index contributed by atoms with van der Waals surface area (Å²) in [5.74, 6) is 0. The summed E-state index contributed by atoms with van der Waals surface area (Å²) in [6.45, 7) is 6.52. The van der Waals surface area contributed by atoms with Crippen molar-refractivity contribution in [1.29, 1.82) is 0 Å². The molecule has 3 nitrogen and oxygen atoms in total. The first-order valence-electron chi connectivity index (χ1n) is 6.39. The van der Waals surface area contributed by atoms with Gasteiger partial charge in [0.15, 0.2) is 0 Å². The van der Waals surface area contributed by atoms with Crippen LogP contribution in [0.5, 0.6) is 0 Å². The molecule has 2 heterocycles. The first-order chi connectivity index (χ1) is 8.22. The quantitative estimate of drug-likeness (QED) is 0.891. The standard InChI is InChI=1S/C13H23N3S/c1-11-9-15(2)5-3-6-16(11)13(8-14)12-4-7-17-10-12/h4,7,10-11,13H,3,5-6,8-9,14H2,1-2H3. The van der Waals surface area contributed by atoms with E-state index in [2.05, 4.69) is 40.6 Å². The van der Waals surface area contributed by atoms with E-state index in [-0.39, 0.29) is 0 Å². The SMILES string of the molecule is CC1CN(C)CCCN1C(CN)c1ccsc1. The Morgan fingerprint density at radius 2 is 2.35 bits per heavy atom. The number of hydrogen-bond acceptors (Lipinski definition) is 4. The maximum Gasteiger partial charge on any atom is 0.0482 e. The van der Waals surface area contributed by atoms with Crippen LogP contribution in [0.2, 0.25) is 0 Å². The zero-order chi connectivity index (χ0) is 12.3. The van der Waals surface area contributed by atoms with Crippen LogP contribution in [0.1, 0.15) is 24.9 Å². The van der Waals surface area contributed by atoms with Crippen molar-refractivity contribution in [3.8, 4) is 0 Å². The van der Waals surface area contributed by atoms with E-state index in [4.69, 9.17) is 5.73 Å². The molecule has 0 saturated carbocycles. The van der Waals surface area contributed by atoms with Gasteiger partial charge in [-0.15, -0.1) is 0 Å². The van der Waals surface area contributed by atoms with Gasteiger partial charge in [0.25, 0.3) is 0 Å². The van der Waals surface area contributed by atoms with Crippen LogP contribution in [0.15, 0.2) is 16.8 Å². The van der Waals surface area contributed by atoms with Crippen molar-refractivity contribution in [3.05, 3.63) is 22.4 Å². The molecule has 2 atom stereocenters. The fourth-order valence-electron chi connectivity index (χ4n) is 2.78. The van der Waals surface area contributed by atoms with Gasteiger partial charge in [-0.3, -0.25) is 4.90 Å². The van der Waals surface area contributed by atoms with E-state index in [0.717, 1.165) is 13.1 Å². The van der Waals surface area contributed by atoms with Crippen LogP contribution in [0.25, 0.3) is 0 Å². The van der Waals surface area contributed by atoms with Crippen LogP contribution in [0.3, 0.4) is 0 Å². The Kier molecular flexibility index (Phi) is 4.56. The lowest BCUT2D eigenvalue weighted by Crippen LogP contribution is -2.42. The van der Waals surface area contributed by atoms with Crippen molar-refractivity contribution < 1.29 is 0 Å². The van der Waals surface area contributed by atoms with E-state index in [1.54, 1.807) is 11.3 Å². The molecule has 0 aliphatic carbocycles. The van der Waals surface area contributed by atoms with Gasteiger partial charge in [-0.2, -0.15) is 11.3 Å². The van der Waals surface area contributed by atoms with Crippen molar-refractivity contribution in [2.75, 3.05) is 33.2 Å². The Hall–Kier alpha value is -0.420. The molecule has 1 aromatic heterocycles. The Balaban J connectivity index is 2.13. The Labute approximate surface area is 108 Å². The van der Waals surface area contributed by atoms with Gasteiger partial charge >= 0.3 is 0 Å². The van der Waals surface area contributed by atoms with Crippen molar-refractivity contribution >= 4 is 11.3 Å². The van der Waals surface area contributed by atoms with Gasteiger partial charge in [0.2, 0.25) is 0 Å². The van der Waals surface area contributed by atoms with Gasteiger partial charge in [0, 0.05) is 31.7 Å². The normalized spacial score (nSPS) is 25.7. The fourth-order valence-corrected chi connectivity index (χ4v) is 3.49. The number of likely N-dealkylation sites (N-methyl/N-ethyl adjacent to an activating group) is 1. The molecule has 0 bridgehead atoms. The molecule has 0 spiro atoms. The van der Waals surface area contributed by atoms with Crippen LogP contribution in [-0.4, -0.2) is 49.1 Å². The summed E-state index contributed by atoms with van der Waals surface area (Å²) in [5.41, 5.74) is 7.38. The van der Waals surface area contributed by atoms with Crippen molar-refractivity contribution in [2.45, 2.75) is 25.4 Å². The summed E-state index contributed by atoms with van der Waals surface area (Å²) in [7, 11) is 2.21. The maximum atomic E-state index is 5.99. The molecular formula is C13H23N3S. The third-order valence-corrected chi connectivity index (χ3v) is 4.35. The molecule has 0 amide bonds. The highest BCUT2D eigenvalue weighted by atomic mass is 32.1. The fraction of sp³-hybridized carbons (Fsp3) is 0.692. The van der Waals surface area contributed by atoms with Gasteiger partial charge < -0.3 is 10.6 Å². The van der Waals surface area contributed by atoms with Crippen LogP contribution in [0, 0.1) is 0 Å². The molecule has 1 aliphatic heterocycles. The first-order valence-corrected chi connectivity index (χ1v) is 7.33. The van der Waals surface area contributed by atoms with Crippen LogP contribution in [-0.2, 0) is 0 Å². The number of nitrogens with zero attached hydrogens (tertiary/aromatic N) is 2. The molecule has 1 fully saturated rings. The highest BCUT2D eigenvalue weighted by Gasteiger charge is 2.26. The molecule has 1 saturated heterocycles. The molecule has 2 rings (SSSR count). The Morgan fingerprint density at radius 3 is 3.00 bits per heavy atom. The largest absolute Gasteiger partial charge is 0.329 e. The van der Waals surface area contributed by atoms with Gasteiger partial charge in [-0.25, -0.2) is 0 Å². The molecular weight excluding hydrogens is 230 g/mol. The molecule has 17 heavy (non-hydrogen) atoms. The van der Waals surface area contributed by atoms with Gasteiger partial charge in [-0.05, 0) is 49.3 Å². The van der Waals surface area contributed by atoms with E-state index in [1.165, 1.54) is 18.5 Å². The number of thiophene rings is 1. The lowest BCUT2D eigenvalue weighted by Gasteiger charge is -2.34. The van der Waals surface area contributed by atoms with Crippen molar-refractivity contribution in [2.24, 2.45) is 5.73 Å². The first kappa shape index (κ1) is 13.0. The minimum atomic E-state index is 0.391. The molecule has 0 radical (unpaired) electrons. The molecule has 1 aliphatic rings. The summed E-state index contributed by atoms with van der Waals surface area (Å²) in [6, 6.07) is 3.18. The summed E-state index contributed by atoms with van der Waals surface area (Å²) in [6.07, 6.45) is 1.24. The zero-order valence-corrected chi connectivity index (χ0v) is 11.6. The number of rotatable bonds is 3. The van der Waals surface area contributed by atoms with Crippen LogP contribution >= 0.6 is 11.3 Å². The van der Waals surface area contributed by atoms with E-state index < -0.39 is 0 Å². The topological polar surface area (TPSA) is 32.5 Å². The van der Waals surface area contributed by atoms with Crippen LogP contribution < -0.4 is 5.73 Å². The molecule has 1 aromatic rings. The van der Waals surface area contributed by atoms with Crippen LogP contribution in [0.4, 0.5) is 0 Å². The maximum absolute atomic E-state index is 5.99. The van der Waals surface area contributed by atoms with E-state index in [0.29, 0.717) is 18.6 Å². The van der Waals surface area contributed by atoms with E-state index >= 15 is 0 Å². The molecule has 96 valence electrons. The minimum absolute atomic E-state index is 0.391. The molecule has 0 aromatic carbocycles. The third-order valence-electron chi connectivity index (χ3n) is 3.65. The molecule has 2 unspecified atom stereocenters. The smallest absolute Gasteiger partial charge is 0.0482 e. The lowest BCUT2D eigenvalue weighted by molar-refractivity contribution is 0.146. The lowest BCUT2D eigenvalue weighted by atomic mass is 10.1. The summed E-state index contributed by atoms with van der Waals surface area (Å²) in [4.78, 5) is 5.00. The second kappa shape index (κ2) is 5.96. The second-order valence-corrected chi connectivity index (χ2v) is 5.79. The number of hydrogen-bond donors (Lipinski definition) is 1. The third kappa shape index (κ3) is 3.07. The summed E-state index contributed by atoms with van der Waals surface area (Å²) in [5, 5.41) is 4.38. The predicted octanol–water partition coefficient (Wildman–Crippen LogP) is 1.77. The van der Waals surface area contributed by atoms with Crippen molar-refractivity contribution in [1.82, 2.24) is 9.80 Å². The Morgan fingerprint density at radius 1 is 1.53 bits per heavy atom. The van der Waals surface area contributed by atoms with E-state index in [9.17, 15) is 0 Å². The van der Waals surface area contributed by atoms with Gasteiger partial charge in [-0.1, -0.05) is 0 Å². The molecule has 4 heteroatoms. The van der Waals surface area contributed by atoms with E-state index in [1.807, 2.05) is 0 Å².